The first kappa shape index (κ1) is 14.0. The second-order valence-corrected chi connectivity index (χ2v) is 3.67. The van der Waals surface area contributed by atoms with Crippen molar-refractivity contribution in [2.45, 2.75) is 33.2 Å². The van der Waals surface area contributed by atoms with E-state index in [1.54, 1.807) is 6.08 Å². The molecule has 0 aliphatic rings. The van der Waals surface area contributed by atoms with Gasteiger partial charge in [-0.15, -0.1) is 0 Å². The summed E-state index contributed by atoms with van der Waals surface area (Å²) in [5.41, 5.74) is 8.02. The molecular formula is C13H24N2. The second kappa shape index (κ2) is 7.30. The molecule has 0 saturated heterocycles. The molecule has 0 radical (unpaired) electrons. The van der Waals surface area contributed by atoms with Crippen LogP contribution in [-0.2, 0) is 0 Å². The predicted octanol–water partition coefficient (Wildman–Crippen LogP) is 2.69. The van der Waals surface area contributed by atoms with Gasteiger partial charge in [-0.05, 0) is 38.6 Å². The minimum atomic E-state index is 0.353. The van der Waals surface area contributed by atoms with Crippen LogP contribution in [-0.4, -0.2) is 24.5 Å². The van der Waals surface area contributed by atoms with Gasteiger partial charge in [0.25, 0.3) is 0 Å². The Labute approximate surface area is 94.1 Å². The zero-order valence-corrected chi connectivity index (χ0v) is 10.5. The third-order valence-corrected chi connectivity index (χ3v) is 2.66. The number of likely N-dealkylation sites (N-methyl/N-ethyl adjacent to an activating group) is 1. The standard InChI is InChI=1S/C13H24N2/c1-6-9-12(13(14)10-7-2)11(4)15(5)8-3/h7,9-11H,2,6,8,14H2,1,3-5H3/b12-9-,13-10+. The molecule has 1 atom stereocenters. The van der Waals surface area contributed by atoms with E-state index < -0.39 is 0 Å². The zero-order chi connectivity index (χ0) is 11.8. The lowest BCUT2D eigenvalue weighted by Gasteiger charge is -2.26. The molecule has 0 aliphatic heterocycles. The van der Waals surface area contributed by atoms with Crippen molar-refractivity contribution in [1.29, 1.82) is 0 Å². The van der Waals surface area contributed by atoms with Crippen molar-refractivity contribution in [3.63, 3.8) is 0 Å². The van der Waals surface area contributed by atoms with Gasteiger partial charge >= 0.3 is 0 Å². The van der Waals surface area contributed by atoms with Gasteiger partial charge in [0.1, 0.15) is 0 Å². The zero-order valence-electron chi connectivity index (χ0n) is 10.5. The van der Waals surface area contributed by atoms with E-state index in [9.17, 15) is 0 Å². The van der Waals surface area contributed by atoms with Gasteiger partial charge in [-0.25, -0.2) is 0 Å². The largest absolute Gasteiger partial charge is 0.398 e. The van der Waals surface area contributed by atoms with Gasteiger partial charge in [-0.2, -0.15) is 0 Å². The number of allylic oxidation sites excluding steroid dienone is 3. The van der Waals surface area contributed by atoms with Crippen LogP contribution in [0.25, 0.3) is 0 Å². The third kappa shape index (κ3) is 4.34. The lowest BCUT2D eigenvalue weighted by molar-refractivity contribution is 0.303. The van der Waals surface area contributed by atoms with E-state index in [0.29, 0.717) is 6.04 Å². The van der Waals surface area contributed by atoms with Crippen LogP contribution in [0.4, 0.5) is 0 Å². The summed E-state index contributed by atoms with van der Waals surface area (Å²) in [7, 11) is 2.11. The predicted molar refractivity (Wildman–Crippen MR) is 68.6 cm³/mol. The van der Waals surface area contributed by atoms with Crippen LogP contribution < -0.4 is 5.73 Å². The summed E-state index contributed by atoms with van der Waals surface area (Å²) in [6, 6.07) is 0.353. The molecule has 2 nitrogen and oxygen atoms in total. The Balaban J connectivity index is 4.90. The topological polar surface area (TPSA) is 29.3 Å². The lowest BCUT2D eigenvalue weighted by Crippen LogP contribution is -2.32. The highest BCUT2D eigenvalue weighted by atomic mass is 15.1. The summed E-state index contributed by atoms with van der Waals surface area (Å²) in [6.45, 7) is 11.1. The van der Waals surface area contributed by atoms with Crippen molar-refractivity contribution in [3.8, 4) is 0 Å². The van der Waals surface area contributed by atoms with Crippen LogP contribution in [0, 0.1) is 0 Å². The summed E-state index contributed by atoms with van der Waals surface area (Å²) >= 11 is 0. The first-order chi connectivity index (χ1) is 7.08. The average molecular weight is 208 g/mol. The summed E-state index contributed by atoms with van der Waals surface area (Å²) in [5.74, 6) is 0. The molecule has 0 bridgehead atoms. The van der Waals surface area contributed by atoms with Gasteiger partial charge in [0.05, 0.1) is 0 Å². The maximum atomic E-state index is 6.00. The normalized spacial score (nSPS) is 15.5. The molecule has 0 heterocycles. The van der Waals surface area contributed by atoms with Gasteiger partial charge in [0, 0.05) is 11.7 Å². The van der Waals surface area contributed by atoms with Gasteiger partial charge < -0.3 is 5.73 Å². The van der Waals surface area contributed by atoms with Gasteiger partial charge in [0.15, 0.2) is 0 Å². The van der Waals surface area contributed by atoms with Crippen molar-refractivity contribution in [3.05, 3.63) is 36.1 Å². The van der Waals surface area contributed by atoms with Crippen LogP contribution in [0.3, 0.4) is 0 Å². The smallest absolute Gasteiger partial charge is 0.0359 e. The van der Waals surface area contributed by atoms with Crippen LogP contribution in [0.1, 0.15) is 27.2 Å². The van der Waals surface area contributed by atoms with E-state index in [2.05, 4.69) is 45.4 Å². The maximum Gasteiger partial charge on any atom is 0.0359 e. The van der Waals surface area contributed by atoms with E-state index in [4.69, 9.17) is 5.73 Å². The fourth-order valence-corrected chi connectivity index (χ4v) is 1.48. The summed E-state index contributed by atoms with van der Waals surface area (Å²) < 4.78 is 0. The van der Waals surface area contributed by atoms with Crippen molar-refractivity contribution in [1.82, 2.24) is 4.90 Å². The molecule has 2 heteroatoms. The Morgan fingerprint density at radius 1 is 1.47 bits per heavy atom. The Morgan fingerprint density at radius 3 is 2.47 bits per heavy atom. The summed E-state index contributed by atoms with van der Waals surface area (Å²) in [6.07, 6.45) is 6.79. The molecule has 0 aromatic heterocycles. The summed E-state index contributed by atoms with van der Waals surface area (Å²) in [5, 5.41) is 0. The fraction of sp³-hybridized carbons (Fsp3) is 0.538. The van der Waals surface area contributed by atoms with Gasteiger partial charge in [-0.3, -0.25) is 4.90 Å². The lowest BCUT2D eigenvalue weighted by atomic mass is 10.0. The molecular weight excluding hydrogens is 184 g/mol. The molecule has 0 spiro atoms. The average Bonchev–Trinajstić information content (AvgIpc) is 2.24. The van der Waals surface area contributed by atoms with Crippen LogP contribution in [0.5, 0.6) is 0 Å². The number of hydrogen-bond donors (Lipinski definition) is 1. The molecule has 0 amide bonds. The second-order valence-electron chi connectivity index (χ2n) is 3.67. The highest BCUT2D eigenvalue weighted by Crippen LogP contribution is 2.15. The monoisotopic (exact) mass is 208 g/mol. The number of hydrogen-bond acceptors (Lipinski definition) is 2. The number of nitrogens with two attached hydrogens (primary N) is 1. The van der Waals surface area contributed by atoms with Crippen LogP contribution >= 0.6 is 0 Å². The molecule has 1 unspecified atom stereocenters. The number of nitrogens with zero attached hydrogens (tertiary/aromatic N) is 1. The minimum absolute atomic E-state index is 0.353. The maximum absolute atomic E-state index is 6.00. The van der Waals surface area contributed by atoms with Crippen molar-refractivity contribution >= 4 is 0 Å². The molecule has 0 aromatic carbocycles. The minimum Gasteiger partial charge on any atom is -0.398 e. The first-order valence-electron chi connectivity index (χ1n) is 5.57. The van der Waals surface area contributed by atoms with E-state index in [-0.39, 0.29) is 0 Å². The SMILES string of the molecule is C=C/C=C(N)\C(=C/CC)C(C)N(C)CC. The first-order valence-corrected chi connectivity index (χ1v) is 5.57. The van der Waals surface area contributed by atoms with Gasteiger partial charge in [-0.1, -0.05) is 32.6 Å². The molecule has 2 N–H and O–H groups in total. The van der Waals surface area contributed by atoms with Crippen LogP contribution in [0.2, 0.25) is 0 Å². The Kier molecular flexibility index (Phi) is 6.80. The van der Waals surface area contributed by atoms with Gasteiger partial charge in [0.2, 0.25) is 0 Å². The highest BCUT2D eigenvalue weighted by molar-refractivity contribution is 5.34. The van der Waals surface area contributed by atoms with E-state index in [0.717, 1.165) is 18.7 Å². The summed E-state index contributed by atoms with van der Waals surface area (Å²) in [4.78, 5) is 2.27. The van der Waals surface area contributed by atoms with E-state index in [1.165, 1.54) is 5.57 Å². The van der Waals surface area contributed by atoms with Crippen molar-refractivity contribution in [2.75, 3.05) is 13.6 Å². The molecule has 0 aromatic rings. The fourth-order valence-electron chi connectivity index (χ4n) is 1.48. The molecule has 0 aliphatic carbocycles. The molecule has 0 saturated carbocycles. The van der Waals surface area contributed by atoms with Crippen molar-refractivity contribution in [2.24, 2.45) is 5.73 Å². The third-order valence-electron chi connectivity index (χ3n) is 2.66. The molecule has 0 fully saturated rings. The van der Waals surface area contributed by atoms with Crippen LogP contribution in [0.15, 0.2) is 36.1 Å². The number of rotatable bonds is 6. The quantitative estimate of drug-likeness (QED) is 0.680. The van der Waals surface area contributed by atoms with E-state index >= 15 is 0 Å². The van der Waals surface area contributed by atoms with Crippen molar-refractivity contribution < 1.29 is 0 Å². The molecule has 0 rings (SSSR count). The molecule has 86 valence electrons. The highest BCUT2D eigenvalue weighted by Gasteiger charge is 2.13. The van der Waals surface area contributed by atoms with E-state index in [1.807, 2.05) is 6.08 Å². The Morgan fingerprint density at radius 2 is 2.07 bits per heavy atom. The Hall–Kier alpha value is -1.02. The Bertz CT molecular complexity index is 251. The molecule has 15 heavy (non-hydrogen) atoms.